The number of allylic oxidation sites excluding steroid dienone is 2. The van der Waals surface area contributed by atoms with Crippen LogP contribution in [-0.4, -0.2) is 34.1 Å². The van der Waals surface area contributed by atoms with Gasteiger partial charge in [-0.05, 0) is 110 Å². The fourth-order valence-corrected chi connectivity index (χ4v) is 11.0. The lowest BCUT2D eigenvalue weighted by atomic mass is 9.42. The van der Waals surface area contributed by atoms with Crippen LogP contribution in [0.5, 0.6) is 0 Å². The minimum Gasteiger partial charge on any atom is -0.396 e. The lowest BCUT2D eigenvalue weighted by Gasteiger charge is -2.63. The van der Waals surface area contributed by atoms with Crippen LogP contribution in [0.2, 0.25) is 0 Å². The third kappa shape index (κ3) is 3.17. The van der Waals surface area contributed by atoms with Crippen molar-refractivity contribution in [3.8, 4) is 0 Å². The van der Waals surface area contributed by atoms with Crippen LogP contribution in [0.1, 0.15) is 106 Å². The van der Waals surface area contributed by atoms with Crippen molar-refractivity contribution in [2.75, 3.05) is 6.61 Å². The zero-order chi connectivity index (χ0) is 24.0. The van der Waals surface area contributed by atoms with Gasteiger partial charge in [-0.15, -0.1) is 0 Å². The molecule has 0 radical (unpaired) electrons. The molecule has 10 atom stereocenters. The number of aliphatic hydroxyl groups excluding tert-OH is 3. The summed E-state index contributed by atoms with van der Waals surface area (Å²) in [6.45, 7) is 14.6. The lowest BCUT2D eigenvalue weighted by Crippen LogP contribution is -2.58. The number of hydrogen-bond donors (Lipinski definition) is 3. The summed E-state index contributed by atoms with van der Waals surface area (Å²) in [7, 11) is 0. The Hall–Kier alpha value is -0.380. The van der Waals surface area contributed by atoms with E-state index in [0.29, 0.717) is 34.5 Å². The number of aliphatic hydroxyl groups is 3. The molecule has 3 N–H and O–H groups in total. The molecule has 188 valence electrons. The Balaban J connectivity index is 1.50. The first-order valence-electron chi connectivity index (χ1n) is 14.0. The normalized spacial score (nSPS) is 55.8. The first-order valence-corrected chi connectivity index (χ1v) is 14.0. The van der Waals surface area contributed by atoms with Gasteiger partial charge in [-0.3, -0.25) is 0 Å². The van der Waals surface area contributed by atoms with E-state index in [9.17, 15) is 15.3 Å². The minimum absolute atomic E-state index is 0.00614. The van der Waals surface area contributed by atoms with Gasteiger partial charge >= 0.3 is 0 Å². The van der Waals surface area contributed by atoms with Crippen molar-refractivity contribution in [2.24, 2.45) is 50.7 Å². The van der Waals surface area contributed by atoms with E-state index in [-0.39, 0.29) is 23.5 Å². The van der Waals surface area contributed by atoms with Crippen molar-refractivity contribution in [3.05, 3.63) is 11.6 Å². The highest BCUT2D eigenvalue weighted by Crippen LogP contribution is 2.70. The fraction of sp³-hybridized carbons (Fsp3) is 0.933. The maximum Gasteiger partial charge on any atom is 0.0618 e. The predicted octanol–water partition coefficient (Wildman–Crippen LogP) is 6.11. The van der Waals surface area contributed by atoms with Crippen molar-refractivity contribution >= 4 is 0 Å². The molecule has 0 amide bonds. The molecule has 0 aromatic heterocycles. The molecule has 4 saturated carbocycles. The van der Waals surface area contributed by atoms with Crippen LogP contribution in [0, 0.1) is 50.7 Å². The summed E-state index contributed by atoms with van der Waals surface area (Å²) in [5, 5.41) is 32.1. The highest BCUT2D eigenvalue weighted by molar-refractivity contribution is 5.25. The van der Waals surface area contributed by atoms with E-state index in [1.165, 1.54) is 38.5 Å². The summed E-state index contributed by atoms with van der Waals surface area (Å²) >= 11 is 0. The van der Waals surface area contributed by atoms with E-state index < -0.39 is 11.5 Å². The Kier molecular flexibility index (Phi) is 5.57. The van der Waals surface area contributed by atoms with Crippen LogP contribution >= 0.6 is 0 Å². The second-order valence-electron chi connectivity index (χ2n) is 14.8. The molecule has 3 heteroatoms. The van der Waals surface area contributed by atoms with Gasteiger partial charge in [0.25, 0.3) is 0 Å². The molecule has 0 aromatic rings. The Labute approximate surface area is 202 Å². The maximum atomic E-state index is 10.9. The van der Waals surface area contributed by atoms with E-state index in [2.05, 4.69) is 47.6 Å². The van der Waals surface area contributed by atoms with E-state index in [1.54, 1.807) is 5.57 Å². The van der Waals surface area contributed by atoms with Crippen molar-refractivity contribution in [1.82, 2.24) is 0 Å². The summed E-state index contributed by atoms with van der Waals surface area (Å²) in [6.07, 6.45) is 13.3. The second-order valence-corrected chi connectivity index (χ2v) is 14.8. The monoisotopic (exact) mass is 458 g/mol. The van der Waals surface area contributed by atoms with Crippen LogP contribution < -0.4 is 0 Å². The van der Waals surface area contributed by atoms with Crippen molar-refractivity contribution in [3.63, 3.8) is 0 Å². The summed E-state index contributed by atoms with van der Waals surface area (Å²) in [5.41, 5.74) is 2.15. The standard InChI is InChI=1S/C30H50O3/c1-26(2)21-11-14-27(3)17-19-7-9-23-28(4,15-13-25(33)30(23,6)18-31)20(19)8-10-22(27)29(21,5)16-12-24(26)32/h7,20-25,31-33H,8-18H2,1-6H3/t20-,21-,22-,23+,24-,25+,27-,28+,29-,30+/m0/s1. The predicted molar refractivity (Wildman–Crippen MR) is 134 cm³/mol. The molecule has 0 saturated heterocycles. The largest absolute Gasteiger partial charge is 0.396 e. The number of rotatable bonds is 1. The smallest absolute Gasteiger partial charge is 0.0618 e. The van der Waals surface area contributed by atoms with Crippen molar-refractivity contribution < 1.29 is 15.3 Å². The van der Waals surface area contributed by atoms with Crippen LogP contribution in [-0.2, 0) is 0 Å². The summed E-state index contributed by atoms with van der Waals surface area (Å²) < 4.78 is 0. The third-order valence-corrected chi connectivity index (χ3v) is 13.0. The second kappa shape index (κ2) is 7.56. The number of fused-ring (bicyclic) bond motifs is 6. The first kappa shape index (κ1) is 24.3. The molecule has 4 fully saturated rings. The van der Waals surface area contributed by atoms with Gasteiger partial charge in [-0.25, -0.2) is 0 Å². The molecular formula is C30H50O3. The number of hydrogen-bond acceptors (Lipinski definition) is 3. The van der Waals surface area contributed by atoms with E-state index in [1.807, 2.05) is 0 Å². The molecule has 0 spiro atoms. The van der Waals surface area contributed by atoms with Crippen molar-refractivity contribution in [1.29, 1.82) is 0 Å². The van der Waals surface area contributed by atoms with E-state index in [0.717, 1.165) is 25.7 Å². The summed E-state index contributed by atoms with van der Waals surface area (Å²) in [5.74, 6) is 2.25. The molecule has 33 heavy (non-hydrogen) atoms. The molecule has 0 bridgehead atoms. The van der Waals surface area contributed by atoms with Gasteiger partial charge in [0, 0.05) is 5.41 Å². The van der Waals surface area contributed by atoms with Gasteiger partial charge in [0.05, 0.1) is 18.8 Å². The van der Waals surface area contributed by atoms with Crippen molar-refractivity contribution in [2.45, 2.75) is 118 Å². The summed E-state index contributed by atoms with van der Waals surface area (Å²) in [4.78, 5) is 0. The van der Waals surface area contributed by atoms with Gasteiger partial charge in [0.15, 0.2) is 0 Å². The Morgan fingerprint density at radius 2 is 1.42 bits per heavy atom. The molecule has 5 aliphatic carbocycles. The van der Waals surface area contributed by atoms with Gasteiger partial charge in [0.1, 0.15) is 0 Å². The van der Waals surface area contributed by atoms with E-state index >= 15 is 0 Å². The molecule has 0 aromatic carbocycles. The maximum absolute atomic E-state index is 10.9. The SMILES string of the molecule is CC1(C)[C@@H](O)CC[C@@]2(C)[C@H]1CC[C@@]1(C)CC3=CC[C@@H]4[C@](C)(CC[C@@H](O)[C@]4(C)CO)[C@H]3CC[C@@H]12. The van der Waals surface area contributed by atoms with Crippen LogP contribution in [0.4, 0.5) is 0 Å². The van der Waals surface area contributed by atoms with Gasteiger partial charge in [-0.1, -0.05) is 53.2 Å². The van der Waals surface area contributed by atoms with Gasteiger partial charge in [0.2, 0.25) is 0 Å². The third-order valence-electron chi connectivity index (χ3n) is 13.0. The zero-order valence-electron chi connectivity index (χ0n) is 22.2. The summed E-state index contributed by atoms with van der Waals surface area (Å²) in [6, 6.07) is 0. The molecule has 5 rings (SSSR count). The Morgan fingerprint density at radius 3 is 2.12 bits per heavy atom. The molecule has 0 heterocycles. The molecule has 5 aliphatic rings. The highest BCUT2D eigenvalue weighted by atomic mass is 16.3. The Morgan fingerprint density at radius 1 is 0.758 bits per heavy atom. The quantitative estimate of drug-likeness (QED) is 0.415. The van der Waals surface area contributed by atoms with Gasteiger partial charge in [-0.2, -0.15) is 0 Å². The molecular weight excluding hydrogens is 408 g/mol. The van der Waals surface area contributed by atoms with Crippen LogP contribution in [0.25, 0.3) is 0 Å². The van der Waals surface area contributed by atoms with Crippen LogP contribution in [0.3, 0.4) is 0 Å². The highest BCUT2D eigenvalue weighted by Gasteiger charge is 2.63. The van der Waals surface area contributed by atoms with Gasteiger partial charge < -0.3 is 15.3 Å². The molecule has 3 nitrogen and oxygen atoms in total. The lowest BCUT2D eigenvalue weighted by molar-refractivity contribution is -0.170. The zero-order valence-corrected chi connectivity index (χ0v) is 22.2. The average molecular weight is 459 g/mol. The minimum atomic E-state index is -0.392. The molecule has 0 unspecified atom stereocenters. The first-order chi connectivity index (χ1) is 15.3. The fourth-order valence-electron chi connectivity index (χ4n) is 11.0. The molecule has 0 aliphatic heterocycles. The van der Waals surface area contributed by atoms with E-state index in [4.69, 9.17) is 0 Å². The van der Waals surface area contributed by atoms with Crippen LogP contribution in [0.15, 0.2) is 11.6 Å². The Bertz CT molecular complexity index is 817. The topological polar surface area (TPSA) is 60.7 Å². The average Bonchev–Trinajstić information content (AvgIpc) is 2.91.